The number of rotatable bonds is 13. The molecule has 1 aliphatic rings. The second kappa shape index (κ2) is 14.3. The van der Waals surface area contributed by atoms with Crippen molar-refractivity contribution in [2.24, 2.45) is 5.92 Å². The summed E-state index contributed by atoms with van der Waals surface area (Å²) >= 11 is 0. The number of esters is 1. The average Bonchev–Trinajstić information content (AvgIpc) is 3.29. The molecule has 4 aromatic rings. The van der Waals surface area contributed by atoms with Crippen molar-refractivity contribution in [1.82, 2.24) is 14.6 Å². The molecular formula is C33H38N3O10P. The van der Waals surface area contributed by atoms with Crippen LogP contribution in [0.5, 0.6) is 5.75 Å². The molecule has 47 heavy (non-hydrogen) atoms. The van der Waals surface area contributed by atoms with Crippen molar-refractivity contribution in [3.05, 3.63) is 111 Å². The minimum Gasteiger partial charge on any atom is -0.460 e. The molecule has 1 aliphatic heterocycles. The molecular weight excluding hydrogens is 629 g/mol. The fraction of sp³-hybridized carbons (Fsp3) is 0.364. The summed E-state index contributed by atoms with van der Waals surface area (Å²) in [6.45, 7) is 4.13. The van der Waals surface area contributed by atoms with Crippen LogP contribution in [0.4, 0.5) is 0 Å². The molecule has 1 saturated heterocycles. The van der Waals surface area contributed by atoms with E-state index in [1.54, 1.807) is 48.5 Å². The lowest BCUT2D eigenvalue weighted by Gasteiger charge is -2.28. The number of hydrogen-bond acceptors (Lipinski definition) is 10. The first-order valence-corrected chi connectivity index (χ1v) is 16.5. The number of H-pyrrole nitrogens is 1. The van der Waals surface area contributed by atoms with E-state index in [2.05, 4.69) is 5.09 Å². The van der Waals surface area contributed by atoms with Gasteiger partial charge in [0.2, 0.25) is 0 Å². The Balaban J connectivity index is 1.44. The Kier molecular flexibility index (Phi) is 9.61. The van der Waals surface area contributed by atoms with E-state index in [9.17, 15) is 29.2 Å². The maximum Gasteiger partial charge on any atom is 0.459 e. The average molecular weight is 670 g/mol. The Morgan fingerprint density at radius 2 is 1.83 bits per heavy atom. The van der Waals surface area contributed by atoms with E-state index in [0.717, 1.165) is 17.9 Å². The maximum atomic E-state index is 14.7. The summed E-state index contributed by atoms with van der Waals surface area (Å²) in [5, 5.41) is 26.4. The van der Waals surface area contributed by atoms with Gasteiger partial charge >= 0.3 is 19.4 Å². The Hall–Kier alpha value is -4.10. The molecule has 1 fully saturated rings. The number of fused-ring (bicyclic) bond motifs is 1. The summed E-state index contributed by atoms with van der Waals surface area (Å²) in [7, 11) is -4.56. The number of aliphatic hydroxyl groups excluding tert-OH is 1. The smallest absolute Gasteiger partial charge is 0.459 e. The molecule has 14 heteroatoms. The highest BCUT2D eigenvalue weighted by atomic mass is 31.2. The molecule has 1 aromatic heterocycles. The normalized spacial score (nSPS) is 23.6. The lowest BCUT2D eigenvalue weighted by molar-refractivity contribution is -0.147. The van der Waals surface area contributed by atoms with Crippen LogP contribution in [0.2, 0.25) is 0 Å². The van der Waals surface area contributed by atoms with Crippen molar-refractivity contribution >= 4 is 24.5 Å². The highest BCUT2D eigenvalue weighted by Crippen LogP contribution is 2.48. The van der Waals surface area contributed by atoms with Gasteiger partial charge in [-0.15, -0.1) is 0 Å². The summed E-state index contributed by atoms with van der Waals surface area (Å²) in [5.41, 5.74) is -3.76. The summed E-state index contributed by atoms with van der Waals surface area (Å²) in [6, 6.07) is 19.3. The SMILES string of the molecule is [2H]c1c([2H])n([C@@H]2O[C@H](COP(=O)(NC(CC(C)C)C(=O)OCc3ccccc3)Oc3cccc4ccccc34)[C@@H](O)[C@@]2(C)O)c(=O)[nH]c1=O. The molecule has 3 aromatic carbocycles. The predicted molar refractivity (Wildman–Crippen MR) is 173 cm³/mol. The van der Waals surface area contributed by atoms with Gasteiger partial charge in [-0.25, -0.2) is 9.36 Å². The maximum absolute atomic E-state index is 14.7. The Bertz CT molecular complexity index is 1960. The Labute approximate surface area is 273 Å². The van der Waals surface area contributed by atoms with E-state index in [1.165, 1.54) is 0 Å². The number of nitrogens with zero attached hydrogens (tertiary/aromatic N) is 1. The van der Waals surface area contributed by atoms with Gasteiger partial charge in [0.15, 0.2) is 6.23 Å². The van der Waals surface area contributed by atoms with Crippen LogP contribution in [-0.4, -0.2) is 56.2 Å². The molecule has 250 valence electrons. The van der Waals surface area contributed by atoms with Gasteiger partial charge in [-0.3, -0.25) is 23.7 Å². The highest BCUT2D eigenvalue weighted by molar-refractivity contribution is 7.52. The van der Waals surface area contributed by atoms with Crippen molar-refractivity contribution in [2.75, 3.05) is 6.61 Å². The fourth-order valence-electron chi connectivity index (χ4n) is 5.23. The van der Waals surface area contributed by atoms with Gasteiger partial charge < -0.3 is 24.2 Å². The Morgan fingerprint density at radius 3 is 2.57 bits per heavy atom. The van der Waals surface area contributed by atoms with Crippen LogP contribution in [0, 0.1) is 5.92 Å². The number of benzene rings is 3. The lowest BCUT2D eigenvalue weighted by atomic mass is 9.96. The minimum absolute atomic E-state index is 0.0357. The molecule has 13 nitrogen and oxygen atoms in total. The van der Waals surface area contributed by atoms with Crippen LogP contribution in [0.15, 0.2) is 94.6 Å². The molecule has 0 aliphatic carbocycles. The summed E-state index contributed by atoms with van der Waals surface area (Å²) in [6.07, 6.45) is -5.67. The zero-order valence-electron chi connectivity index (χ0n) is 28.0. The zero-order valence-corrected chi connectivity index (χ0v) is 26.9. The van der Waals surface area contributed by atoms with Gasteiger partial charge in [0.1, 0.15) is 36.2 Å². The second-order valence-electron chi connectivity index (χ2n) is 11.8. The topological polar surface area (TPSA) is 178 Å². The van der Waals surface area contributed by atoms with Gasteiger partial charge in [0.05, 0.1) is 9.35 Å². The molecule has 0 spiro atoms. The number of aromatic nitrogens is 2. The first-order chi connectivity index (χ1) is 23.2. The van der Waals surface area contributed by atoms with Gasteiger partial charge in [-0.1, -0.05) is 80.6 Å². The molecule has 5 rings (SSSR count). The van der Waals surface area contributed by atoms with Crippen molar-refractivity contribution in [3.8, 4) is 5.75 Å². The van der Waals surface area contributed by atoms with Crippen LogP contribution >= 0.6 is 7.75 Å². The molecule has 2 heterocycles. The van der Waals surface area contributed by atoms with Gasteiger partial charge in [-0.2, -0.15) is 5.09 Å². The minimum atomic E-state index is -4.56. The number of aliphatic hydroxyl groups is 2. The number of carbonyl (C=O) groups excluding carboxylic acids is 1. The number of carbonyl (C=O) groups is 1. The third-order valence-electron chi connectivity index (χ3n) is 7.62. The van der Waals surface area contributed by atoms with Crippen molar-refractivity contribution in [1.29, 1.82) is 0 Å². The second-order valence-corrected chi connectivity index (χ2v) is 13.5. The van der Waals surface area contributed by atoms with Crippen molar-refractivity contribution < 1.29 is 40.8 Å². The van der Waals surface area contributed by atoms with E-state index in [-0.39, 0.29) is 24.7 Å². The lowest BCUT2D eigenvalue weighted by Crippen LogP contribution is -2.47. The van der Waals surface area contributed by atoms with Gasteiger partial charge in [0, 0.05) is 17.6 Å². The number of hydrogen-bond donors (Lipinski definition) is 4. The van der Waals surface area contributed by atoms with Crippen LogP contribution in [0.25, 0.3) is 10.8 Å². The molecule has 6 atom stereocenters. The van der Waals surface area contributed by atoms with E-state index in [1.807, 2.05) is 43.1 Å². The van der Waals surface area contributed by atoms with E-state index < -0.39 is 73.9 Å². The van der Waals surface area contributed by atoms with Gasteiger partial charge in [-0.05, 0) is 36.3 Å². The van der Waals surface area contributed by atoms with E-state index >= 15 is 0 Å². The molecule has 4 N–H and O–H groups in total. The summed E-state index contributed by atoms with van der Waals surface area (Å²) in [5.74, 6) is -0.621. The Morgan fingerprint density at radius 1 is 1.13 bits per heavy atom. The van der Waals surface area contributed by atoms with Crippen LogP contribution < -0.4 is 20.9 Å². The van der Waals surface area contributed by atoms with E-state index in [0.29, 0.717) is 9.95 Å². The standard InChI is InChI=1S/C33H38N3O10P/c1-21(2)18-25(30(39)43-19-22-10-5-4-6-11-22)35-47(42,46-26-15-9-13-23-12-7-8-14-24(23)26)44-20-27-29(38)33(3,41)31(45-27)36-17-16-28(37)34-32(36)40/h4-17,21,25,27,29,31,38,41H,18-20H2,1-3H3,(H,35,42)(H,34,37,40)/t25?,27-,29-,31-,33-,47?/m1/s1/i16D,17D. The first-order valence-electron chi connectivity index (χ1n) is 16.0. The molecule has 0 amide bonds. The van der Waals surface area contributed by atoms with Crippen molar-refractivity contribution in [3.63, 3.8) is 0 Å². The van der Waals surface area contributed by atoms with Gasteiger partial charge in [0.25, 0.3) is 5.56 Å². The van der Waals surface area contributed by atoms with Crippen LogP contribution in [0.1, 0.15) is 41.7 Å². The van der Waals surface area contributed by atoms with E-state index in [4.69, 9.17) is 21.3 Å². The monoisotopic (exact) mass is 669 g/mol. The molecule has 0 bridgehead atoms. The number of aromatic amines is 1. The molecule has 2 unspecified atom stereocenters. The fourth-order valence-corrected chi connectivity index (χ4v) is 6.76. The molecule has 0 radical (unpaired) electrons. The number of nitrogens with one attached hydrogen (secondary N) is 2. The third kappa shape index (κ3) is 8.07. The first kappa shape index (κ1) is 31.5. The zero-order chi connectivity index (χ0) is 35.5. The van der Waals surface area contributed by atoms with Crippen molar-refractivity contribution in [2.45, 2.75) is 63.9 Å². The largest absolute Gasteiger partial charge is 0.460 e. The number of ether oxygens (including phenoxy) is 2. The van der Waals surface area contributed by atoms with Crippen LogP contribution in [0.3, 0.4) is 0 Å². The molecule has 0 saturated carbocycles. The quantitative estimate of drug-likeness (QED) is 0.121. The summed E-state index contributed by atoms with van der Waals surface area (Å²) < 4.78 is 54.3. The van der Waals surface area contributed by atoms with Crippen LogP contribution in [-0.2, 0) is 30.0 Å². The third-order valence-corrected chi connectivity index (χ3v) is 9.18. The highest BCUT2D eigenvalue weighted by Gasteiger charge is 2.54. The summed E-state index contributed by atoms with van der Waals surface area (Å²) in [4.78, 5) is 39.8. The predicted octanol–water partition coefficient (Wildman–Crippen LogP) is 3.65.